The highest BCUT2D eigenvalue weighted by molar-refractivity contribution is 7.99. The van der Waals surface area contributed by atoms with Gasteiger partial charge in [0, 0.05) is 11.3 Å². The summed E-state index contributed by atoms with van der Waals surface area (Å²) in [6.45, 7) is 8.18. The lowest BCUT2D eigenvalue weighted by molar-refractivity contribution is 0.386. The number of anilines is 1. The minimum absolute atomic E-state index is 0.0571. The van der Waals surface area contributed by atoms with Gasteiger partial charge in [-0.1, -0.05) is 62.8 Å². The second kappa shape index (κ2) is 8.73. The van der Waals surface area contributed by atoms with Crippen molar-refractivity contribution >= 4 is 27.6 Å². The molecule has 0 saturated carbocycles. The molecule has 0 saturated heterocycles. The zero-order chi connectivity index (χ0) is 21.9. The molecule has 1 heterocycles. The maximum Gasteiger partial charge on any atom is 0.263 e. The monoisotopic (exact) mass is 446 g/mol. The minimum Gasteiger partial charge on any atom is -0.497 e. The number of ether oxygens (including phenoxy) is 1. The molecule has 0 unspecified atom stereocenters. The molecular formula is C22H26N2O4S2. The van der Waals surface area contributed by atoms with E-state index in [2.05, 4.69) is 30.6 Å². The second-order valence-electron chi connectivity index (χ2n) is 7.80. The van der Waals surface area contributed by atoms with Crippen LogP contribution in [0.3, 0.4) is 0 Å². The number of aromatic nitrogens is 1. The predicted molar refractivity (Wildman–Crippen MR) is 119 cm³/mol. The number of nitrogens with one attached hydrogen (secondary N) is 1. The third kappa shape index (κ3) is 4.99. The predicted octanol–water partition coefficient (Wildman–Crippen LogP) is 5.50. The van der Waals surface area contributed by atoms with E-state index in [1.165, 1.54) is 11.8 Å². The van der Waals surface area contributed by atoms with Gasteiger partial charge in [0.1, 0.15) is 10.6 Å². The molecule has 0 aliphatic rings. The van der Waals surface area contributed by atoms with Crippen molar-refractivity contribution in [1.29, 1.82) is 0 Å². The first kappa shape index (κ1) is 22.2. The number of methoxy groups -OCH3 is 1. The van der Waals surface area contributed by atoms with Crippen molar-refractivity contribution in [2.75, 3.05) is 11.8 Å². The summed E-state index contributed by atoms with van der Waals surface area (Å²) in [7, 11) is -2.21. The fourth-order valence-corrected chi connectivity index (χ4v) is 4.92. The first-order valence-corrected chi connectivity index (χ1v) is 11.9. The fourth-order valence-electron chi connectivity index (χ4n) is 2.81. The SMILES string of the molecule is CCc1onc(NS(=O)(=O)c2ccc(C(C)(C)C)cc2)c1Sc1cccc(OC)c1. The van der Waals surface area contributed by atoms with Crippen molar-refractivity contribution in [1.82, 2.24) is 5.16 Å². The van der Waals surface area contributed by atoms with Gasteiger partial charge in [-0.15, -0.1) is 0 Å². The number of rotatable bonds is 7. The van der Waals surface area contributed by atoms with Crippen LogP contribution < -0.4 is 9.46 Å². The van der Waals surface area contributed by atoms with Crippen LogP contribution in [0.25, 0.3) is 0 Å². The largest absolute Gasteiger partial charge is 0.497 e. The van der Waals surface area contributed by atoms with Crippen LogP contribution in [-0.2, 0) is 21.9 Å². The molecule has 8 heteroatoms. The quantitative estimate of drug-likeness (QED) is 0.516. The molecule has 0 aliphatic carbocycles. The van der Waals surface area contributed by atoms with Gasteiger partial charge < -0.3 is 9.26 Å². The molecule has 0 atom stereocenters. The van der Waals surface area contributed by atoms with Crippen LogP contribution in [0.15, 0.2) is 67.7 Å². The maximum atomic E-state index is 12.9. The van der Waals surface area contributed by atoms with Crippen molar-refractivity contribution in [3.8, 4) is 5.75 Å². The van der Waals surface area contributed by atoms with Gasteiger partial charge in [0.05, 0.1) is 12.0 Å². The first-order valence-electron chi connectivity index (χ1n) is 9.58. The lowest BCUT2D eigenvalue weighted by atomic mass is 9.87. The Balaban J connectivity index is 1.90. The van der Waals surface area contributed by atoms with E-state index in [0.29, 0.717) is 17.1 Å². The van der Waals surface area contributed by atoms with Crippen molar-refractivity contribution in [2.45, 2.75) is 54.2 Å². The van der Waals surface area contributed by atoms with E-state index in [1.807, 2.05) is 43.3 Å². The Bertz CT molecular complexity index is 1110. The maximum absolute atomic E-state index is 12.9. The van der Waals surface area contributed by atoms with Gasteiger partial charge in [0.25, 0.3) is 10.0 Å². The Labute approximate surface area is 182 Å². The van der Waals surface area contributed by atoms with E-state index in [1.54, 1.807) is 19.2 Å². The number of hydrogen-bond donors (Lipinski definition) is 1. The Morgan fingerprint density at radius 3 is 2.43 bits per heavy atom. The van der Waals surface area contributed by atoms with Gasteiger partial charge in [0.15, 0.2) is 11.6 Å². The third-order valence-corrected chi connectivity index (χ3v) is 7.03. The van der Waals surface area contributed by atoms with Crippen LogP contribution in [0.2, 0.25) is 0 Å². The molecule has 0 spiro atoms. The van der Waals surface area contributed by atoms with E-state index in [4.69, 9.17) is 9.26 Å². The number of sulfonamides is 1. The van der Waals surface area contributed by atoms with Crippen LogP contribution in [0.1, 0.15) is 39.0 Å². The van der Waals surface area contributed by atoms with E-state index in [9.17, 15) is 8.42 Å². The molecule has 6 nitrogen and oxygen atoms in total. The summed E-state index contributed by atoms with van der Waals surface area (Å²) >= 11 is 1.38. The summed E-state index contributed by atoms with van der Waals surface area (Å²) in [4.78, 5) is 1.71. The standard InChI is InChI=1S/C22H26N2O4S2/c1-6-19-20(29-17-9-7-8-16(14-17)27-5)21(23-28-19)24-30(25,26)18-12-10-15(11-13-18)22(2,3)4/h7-14H,6H2,1-5H3,(H,23,24). The second-order valence-corrected chi connectivity index (χ2v) is 10.6. The molecule has 1 N–H and O–H groups in total. The Morgan fingerprint density at radius 1 is 1.13 bits per heavy atom. The van der Waals surface area contributed by atoms with Crippen LogP contribution in [0.5, 0.6) is 5.75 Å². The normalized spacial score (nSPS) is 12.0. The Kier molecular flexibility index (Phi) is 6.47. The molecule has 30 heavy (non-hydrogen) atoms. The van der Waals surface area contributed by atoms with Gasteiger partial charge in [-0.3, -0.25) is 4.72 Å². The molecule has 2 aromatic carbocycles. The summed E-state index contributed by atoms with van der Waals surface area (Å²) in [5.41, 5.74) is 1.00. The van der Waals surface area contributed by atoms with Gasteiger partial charge >= 0.3 is 0 Å². The molecule has 3 rings (SSSR count). The number of nitrogens with zero attached hydrogens (tertiary/aromatic N) is 1. The zero-order valence-corrected chi connectivity index (χ0v) is 19.4. The van der Waals surface area contributed by atoms with Crippen LogP contribution in [0.4, 0.5) is 5.82 Å². The highest BCUT2D eigenvalue weighted by atomic mass is 32.2. The lowest BCUT2D eigenvalue weighted by Gasteiger charge is -2.19. The Morgan fingerprint density at radius 2 is 1.83 bits per heavy atom. The van der Waals surface area contributed by atoms with Crippen LogP contribution >= 0.6 is 11.8 Å². The van der Waals surface area contributed by atoms with Crippen LogP contribution in [0, 0.1) is 0 Å². The third-order valence-electron chi connectivity index (χ3n) is 4.56. The summed E-state index contributed by atoms with van der Waals surface area (Å²) in [6.07, 6.45) is 0.585. The Hall–Kier alpha value is -2.45. The average molecular weight is 447 g/mol. The number of hydrogen-bond acceptors (Lipinski definition) is 6. The molecular weight excluding hydrogens is 420 g/mol. The van der Waals surface area contributed by atoms with Crippen LogP contribution in [-0.4, -0.2) is 20.7 Å². The fraction of sp³-hybridized carbons (Fsp3) is 0.318. The average Bonchev–Trinajstić information content (AvgIpc) is 3.08. The highest BCUT2D eigenvalue weighted by Gasteiger charge is 2.23. The van der Waals surface area contributed by atoms with Gasteiger partial charge in [-0.05, 0) is 41.3 Å². The molecule has 0 bridgehead atoms. The molecule has 0 fully saturated rings. The van der Waals surface area contributed by atoms with E-state index in [-0.39, 0.29) is 16.1 Å². The number of aryl methyl sites for hydroxylation is 1. The molecule has 0 aliphatic heterocycles. The molecule has 1 aromatic heterocycles. The topological polar surface area (TPSA) is 81.4 Å². The number of benzene rings is 2. The highest BCUT2D eigenvalue weighted by Crippen LogP contribution is 2.38. The van der Waals surface area contributed by atoms with Gasteiger partial charge in [-0.25, -0.2) is 8.42 Å². The van der Waals surface area contributed by atoms with E-state index in [0.717, 1.165) is 16.2 Å². The molecule has 0 radical (unpaired) electrons. The summed E-state index contributed by atoms with van der Waals surface area (Å²) in [5.74, 6) is 1.51. The summed E-state index contributed by atoms with van der Waals surface area (Å²) < 4.78 is 39.1. The molecule has 160 valence electrons. The smallest absolute Gasteiger partial charge is 0.263 e. The van der Waals surface area contributed by atoms with Crippen molar-refractivity contribution in [3.05, 3.63) is 59.9 Å². The summed E-state index contributed by atoms with van der Waals surface area (Å²) in [6, 6.07) is 14.4. The molecule has 0 amide bonds. The lowest BCUT2D eigenvalue weighted by Crippen LogP contribution is -2.15. The zero-order valence-electron chi connectivity index (χ0n) is 17.7. The minimum atomic E-state index is -3.81. The van der Waals surface area contributed by atoms with Gasteiger partial charge in [0.2, 0.25) is 0 Å². The first-order chi connectivity index (χ1) is 14.1. The van der Waals surface area contributed by atoms with Crippen molar-refractivity contribution in [2.24, 2.45) is 0 Å². The van der Waals surface area contributed by atoms with E-state index < -0.39 is 10.0 Å². The summed E-state index contributed by atoms with van der Waals surface area (Å²) in [5, 5.41) is 3.98. The van der Waals surface area contributed by atoms with Crippen molar-refractivity contribution < 1.29 is 17.7 Å². The van der Waals surface area contributed by atoms with Crippen molar-refractivity contribution in [3.63, 3.8) is 0 Å². The molecule has 3 aromatic rings. The van der Waals surface area contributed by atoms with Gasteiger partial charge in [-0.2, -0.15) is 0 Å². The van der Waals surface area contributed by atoms with E-state index >= 15 is 0 Å².